The lowest BCUT2D eigenvalue weighted by molar-refractivity contribution is -0.140. The van der Waals surface area contributed by atoms with E-state index in [0.29, 0.717) is 40.0 Å². The summed E-state index contributed by atoms with van der Waals surface area (Å²) < 4.78 is 29.1. The molecule has 50 heavy (non-hydrogen) atoms. The summed E-state index contributed by atoms with van der Waals surface area (Å²) in [5.41, 5.74) is 3.77. The number of hydrogen-bond donors (Lipinski definition) is 2. The second-order valence-electron chi connectivity index (χ2n) is 14.6. The quantitative estimate of drug-likeness (QED) is 0.0918. The van der Waals surface area contributed by atoms with E-state index in [1.165, 1.54) is 24.8 Å². The van der Waals surface area contributed by atoms with Crippen molar-refractivity contribution in [1.29, 1.82) is 0 Å². The van der Waals surface area contributed by atoms with E-state index in [1.807, 2.05) is 39.8 Å². The van der Waals surface area contributed by atoms with E-state index in [-0.39, 0.29) is 52.3 Å². The first-order valence-corrected chi connectivity index (χ1v) is 17.1. The number of carbonyl (C=O) groups is 1. The Kier molecular flexibility index (Phi) is 9.24. The molecule has 1 aromatic heterocycles. The smallest absolute Gasteiger partial charge is 0.348 e. The molecular formula is C41H46O9. The van der Waals surface area contributed by atoms with Gasteiger partial charge in [0.2, 0.25) is 0 Å². The Bertz CT molecular complexity index is 2010. The number of phenols is 1. The molecule has 0 radical (unpaired) electrons. The summed E-state index contributed by atoms with van der Waals surface area (Å²) in [5, 5.41) is 21.2. The topological polar surface area (TPSA) is 128 Å². The van der Waals surface area contributed by atoms with Gasteiger partial charge in [0, 0.05) is 17.1 Å². The minimum atomic E-state index is -0.694. The van der Waals surface area contributed by atoms with Crippen LogP contribution in [-0.2, 0) is 20.7 Å². The maximum Gasteiger partial charge on any atom is 0.348 e. The fourth-order valence-corrected chi connectivity index (χ4v) is 7.10. The molecule has 2 aromatic carbocycles. The van der Waals surface area contributed by atoms with Crippen molar-refractivity contribution in [2.24, 2.45) is 5.92 Å². The maximum atomic E-state index is 12.9. The van der Waals surface area contributed by atoms with Gasteiger partial charge in [-0.15, -0.1) is 0 Å². The highest BCUT2D eigenvalue weighted by Gasteiger charge is 2.61. The number of benzene rings is 2. The lowest BCUT2D eigenvalue weighted by Crippen LogP contribution is -2.28. The third-order valence-corrected chi connectivity index (χ3v) is 10.0. The predicted molar refractivity (Wildman–Crippen MR) is 193 cm³/mol. The molecule has 0 spiro atoms. The molecule has 4 aliphatic rings. The van der Waals surface area contributed by atoms with Crippen LogP contribution in [0.5, 0.6) is 23.0 Å². The van der Waals surface area contributed by atoms with Crippen molar-refractivity contribution >= 4 is 23.0 Å². The average molecular weight is 683 g/mol. The largest absolute Gasteiger partial charge is 0.508 e. The number of epoxide rings is 1. The third kappa shape index (κ3) is 6.59. The highest BCUT2D eigenvalue weighted by Crippen LogP contribution is 2.51. The molecule has 1 aliphatic carbocycles. The Balaban J connectivity index is 0.000000202. The van der Waals surface area contributed by atoms with Crippen LogP contribution in [0.25, 0.3) is 28.2 Å². The number of carbonyl (C=O) groups excluding carboxylic acids is 1. The molecule has 0 bridgehead atoms. The normalized spacial score (nSPS) is 24.7. The van der Waals surface area contributed by atoms with E-state index < -0.39 is 11.2 Å². The fourth-order valence-electron chi connectivity index (χ4n) is 7.10. The second-order valence-corrected chi connectivity index (χ2v) is 14.6. The maximum absolute atomic E-state index is 12.9. The van der Waals surface area contributed by atoms with Crippen LogP contribution >= 0.6 is 0 Å². The molecular weight excluding hydrogens is 636 g/mol. The van der Waals surface area contributed by atoms with Crippen molar-refractivity contribution in [3.05, 3.63) is 87.3 Å². The summed E-state index contributed by atoms with van der Waals surface area (Å²) in [6.07, 6.45) is 12.6. The lowest BCUT2D eigenvalue weighted by Gasteiger charge is -2.31. The first kappa shape index (κ1) is 35.1. The summed E-state index contributed by atoms with van der Waals surface area (Å²) in [6, 6.07) is 5.99. The number of allylic oxidation sites excluding steroid dienone is 4. The summed E-state index contributed by atoms with van der Waals surface area (Å²) >= 11 is 0. The summed E-state index contributed by atoms with van der Waals surface area (Å²) in [6.45, 7) is 16.1. The van der Waals surface area contributed by atoms with Gasteiger partial charge in [0.1, 0.15) is 51.8 Å². The molecule has 2 N–H and O–H groups in total. The lowest BCUT2D eigenvalue weighted by atomic mass is 9.84. The zero-order valence-corrected chi connectivity index (χ0v) is 29.8. The van der Waals surface area contributed by atoms with Gasteiger partial charge in [-0.1, -0.05) is 42.0 Å². The average Bonchev–Trinajstić information content (AvgIpc) is 3.64. The zero-order valence-electron chi connectivity index (χ0n) is 29.8. The van der Waals surface area contributed by atoms with E-state index in [2.05, 4.69) is 32.6 Å². The van der Waals surface area contributed by atoms with Crippen LogP contribution in [-0.4, -0.2) is 46.7 Å². The Morgan fingerprint density at radius 3 is 2.52 bits per heavy atom. The van der Waals surface area contributed by atoms with Crippen molar-refractivity contribution in [3.8, 4) is 34.1 Å². The minimum absolute atomic E-state index is 0.00458. The van der Waals surface area contributed by atoms with Gasteiger partial charge < -0.3 is 33.6 Å². The Morgan fingerprint density at radius 2 is 1.84 bits per heavy atom. The number of ether oxygens (including phenoxy) is 4. The van der Waals surface area contributed by atoms with Gasteiger partial charge in [0.05, 0.1) is 18.3 Å². The Hall–Kier alpha value is -4.76. The first-order chi connectivity index (χ1) is 23.6. The number of hydrogen-bond acceptors (Lipinski definition) is 9. The van der Waals surface area contributed by atoms with Crippen LogP contribution in [0, 0.1) is 5.92 Å². The minimum Gasteiger partial charge on any atom is -0.508 e. The fraction of sp³-hybridized carbons (Fsp3) is 0.415. The van der Waals surface area contributed by atoms with Crippen LogP contribution in [0.2, 0.25) is 0 Å². The highest BCUT2D eigenvalue weighted by molar-refractivity contribution is 6.02. The van der Waals surface area contributed by atoms with Gasteiger partial charge in [-0.25, -0.2) is 9.59 Å². The SMILES string of the molecule is C=C1C(=O)OC2C1CCC(C)=CCCC1(C)OC21.COc1c(CC=C(C)C)c2c(c3oc(=O)c(-c4ccc(O)cc4)c(O)c13)C=CC(C)(C)O2. The third-order valence-electron chi connectivity index (χ3n) is 10.0. The molecule has 9 nitrogen and oxygen atoms in total. The molecule has 9 heteroatoms. The molecule has 4 atom stereocenters. The second kappa shape index (κ2) is 13.2. The van der Waals surface area contributed by atoms with Crippen LogP contribution in [0.4, 0.5) is 0 Å². The van der Waals surface area contributed by atoms with Gasteiger partial charge in [-0.2, -0.15) is 0 Å². The summed E-state index contributed by atoms with van der Waals surface area (Å²) in [5.74, 6) is 0.676. The van der Waals surface area contributed by atoms with Crippen molar-refractivity contribution in [2.45, 2.75) is 97.1 Å². The van der Waals surface area contributed by atoms with Crippen LogP contribution in [0.1, 0.15) is 78.4 Å². The van der Waals surface area contributed by atoms with Crippen molar-refractivity contribution in [3.63, 3.8) is 0 Å². The number of fused-ring (bicyclic) bond motifs is 6. The van der Waals surface area contributed by atoms with Gasteiger partial charge in [-0.3, -0.25) is 0 Å². The molecule has 0 saturated carbocycles. The van der Waals surface area contributed by atoms with Crippen LogP contribution in [0.15, 0.2) is 75.0 Å². The van der Waals surface area contributed by atoms with Crippen molar-refractivity contribution < 1.29 is 38.4 Å². The molecule has 2 saturated heterocycles. The van der Waals surface area contributed by atoms with E-state index in [4.69, 9.17) is 23.4 Å². The predicted octanol–water partition coefficient (Wildman–Crippen LogP) is 8.33. The molecule has 4 unspecified atom stereocenters. The Morgan fingerprint density at radius 1 is 1.12 bits per heavy atom. The van der Waals surface area contributed by atoms with Crippen molar-refractivity contribution in [2.75, 3.05) is 7.11 Å². The molecule has 7 rings (SSSR count). The van der Waals surface area contributed by atoms with Crippen LogP contribution < -0.4 is 15.1 Å². The van der Waals surface area contributed by atoms with Gasteiger partial charge in [0.15, 0.2) is 5.58 Å². The number of rotatable bonds is 4. The number of aromatic hydroxyl groups is 2. The number of methoxy groups -OCH3 is 1. The molecule has 0 amide bonds. The molecule has 4 heterocycles. The summed E-state index contributed by atoms with van der Waals surface area (Å²) in [7, 11) is 1.52. The zero-order chi connectivity index (χ0) is 36.1. The van der Waals surface area contributed by atoms with Crippen molar-refractivity contribution in [1.82, 2.24) is 0 Å². The highest BCUT2D eigenvalue weighted by atomic mass is 16.6. The van der Waals surface area contributed by atoms with Gasteiger partial charge >= 0.3 is 11.6 Å². The molecule has 3 aromatic rings. The van der Waals surface area contributed by atoms with Crippen LogP contribution in [0.3, 0.4) is 0 Å². The van der Waals surface area contributed by atoms with E-state index in [9.17, 15) is 19.8 Å². The monoisotopic (exact) mass is 682 g/mol. The van der Waals surface area contributed by atoms with E-state index >= 15 is 0 Å². The number of phenolic OH excluding ortho intramolecular Hbond substituents is 1. The van der Waals surface area contributed by atoms with Gasteiger partial charge in [-0.05, 0) is 103 Å². The Labute approximate surface area is 292 Å². The summed E-state index contributed by atoms with van der Waals surface area (Å²) in [4.78, 5) is 24.6. The standard InChI is InChI=1S/C26H26O6.C15H20O3/c1-14(2)6-11-17-22-18(12-13-26(3,4)32-22)24-20(23(17)30-5)21(28)19(25(29)31-24)15-7-9-16(27)10-8-15;1-9-5-4-8-15(3)13(18-15)12-11(7-6-9)10(2)14(16)17-12/h6-10,12-13,27-28H,11H2,1-5H3;5,11-13H,2,4,6-8H2,1,3H3. The molecule has 3 aliphatic heterocycles. The molecule has 2 fully saturated rings. The van der Waals surface area contributed by atoms with E-state index in [1.54, 1.807) is 12.1 Å². The first-order valence-electron chi connectivity index (χ1n) is 17.1. The number of esters is 1. The van der Waals surface area contributed by atoms with E-state index in [0.717, 1.165) is 36.8 Å². The van der Waals surface area contributed by atoms with Gasteiger partial charge in [0.25, 0.3) is 0 Å². The molecule has 264 valence electrons.